The largest absolute Gasteiger partial charge is 0.481 e. The van der Waals surface area contributed by atoms with Gasteiger partial charge in [-0.1, -0.05) is 0 Å². The molecule has 0 aliphatic carbocycles. The summed E-state index contributed by atoms with van der Waals surface area (Å²) >= 11 is 0. The molecular weight excluding hydrogens is 194 g/mol. The Labute approximate surface area is 87.7 Å². The van der Waals surface area contributed by atoms with Gasteiger partial charge in [-0.3, -0.25) is 4.79 Å². The van der Waals surface area contributed by atoms with Crippen LogP contribution in [-0.4, -0.2) is 34.4 Å². The van der Waals surface area contributed by atoms with Crippen LogP contribution in [0.2, 0.25) is 0 Å². The molecule has 1 fully saturated rings. The molecule has 1 aromatic rings. The number of carboxylic acid groups (broad SMARTS) is 1. The van der Waals surface area contributed by atoms with E-state index in [4.69, 9.17) is 5.11 Å². The van der Waals surface area contributed by atoms with Crippen LogP contribution in [0.3, 0.4) is 0 Å². The number of rotatable bonds is 2. The Morgan fingerprint density at radius 2 is 2.40 bits per heavy atom. The summed E-state index contributed by atoms with van der Waals surface area (Å²) in [7, 11) is 0. The highest BCUT2D eigenvalue weighted by molar-refractivity contribution is 5.71. The van der Waals surface area contributed by atoms with Gasteiger partial charge in [0.15, 0.2) is 0 Å². The molecule has 1 atom stereocenters. The van der Waals surface area contributed by atoms with E-state index in [1.165, 1.54) is 0 Å². The van der Waals surface area contributed by atoms with E-state index in [1.807, 2.05) is 6.07 Å². The Morgan fingerprint density at radius 3 is 3.07 bits per heavy atom. The smallest absolute Gasteiger partial charge is 0.308 e. The zero-order valence-corrected chi connectivity index (χ0v) is 8.33. The molecule has 0 radical (unpaired) electrons. The highest BCUT2D eigenvalue weighted by atomic mass is 16.4. The van der Waals surface area contributed by atoms with Crippen LogP contribution in [0.1, 0.15) is 12.8 Å². The molecule has 0 saturated carbocycles. The summed E-state index contributed by atoms with van der Waals surface area (Å²) in [5, 5.41) is 16.4. The molecule has 1 aliphatic heterocycles. The van der Waals surface area contributed by atoms with Crippen LogP contribution in [-0.2, 0) is 4.79 Å². The van der Waals surface area contributed by atoms with Crippen LogP contribution < -0.4 is 4.90 Å². The maximum Gasteiger partial charge on any atom is 0.308 e. The van der Waals surface area contributed by atoms with E-state index in [0.29, 0.717) is 6.54 Å². The van der Waals surface area contributed by atoms with Gasteiger partial charge in [0.25, 0.3) is 0 Å². The van der Waals surface area contributed by atoms with Gasteiger partial charge in [0.2, 0.25) is 0 Å². The normalized spacial score (nSPS) is 21.3. The molecule has 0 bridgehead atoms. The average molecular weight is 207 g/mol. The molecule has 1 saturated heterocycles. The minimum Gasteiger partial charge on any atom is -0.481 e. The minimum absolute atomic E-state index is 0.257. The zero-order valence-electron chi connectivity index (χ0n) is 8.33. The van der Waals surface area contributed by atoms with Crippen LogP contribution in [0.15, 0.2) is 18.5 Å². The van der Waals surface area contributed by atoms with Gasteiger partial charge in [-0.25, -0.2) is 0 Å². The molecule has 1 N–H and O–H groups in total. The van der Waals surface area contributed by atoms with Gasteiger partial charge in [-0.15, -0.1) is 0 Å². The summed E-state index contributed by atoms with van der Waals surface area (Å²) in [5.74, 6) is -0.964. The monoisotopic (exact) mass is 207 g/mol. The quantitative estimate of drug-likeness (QED) is 0.776. The first-order chi connectivity index (χ1) is 7.27. The molecular formula is C10H13N3O2. The molecule has 15 heavy (non-hydrogen) atoms. The van der Waals surface area contributed by atoms with Crippen LogP contribution in [0.4, 0.5) is 5.69 Å². The van der Waals surface area contributed by atoms with Crippen molar-refractivity contribution in [2.45, 2.75) is 12.8 Å². The number of anilines is 1. The van der Waals surface area contributed by atoms with Crippen molar-refractivity contribution in [3.05, 3.63) is 18.5 Å². The fraction of sp³-hybridized carbons (Fsp3) is 0.500. The first kappa shape index (κ1) is 9.89. The van der Waals surface area contributed by atoms with Crippen LogP contribution in [0.25, 0.3) is 0 Å². The fourth-order valence-corrected chi connectivity index (χ4v) is 1.88. The molecule has 1 unspecified atom stereocenters. The maximum absolute atomic E-state index is 10.9. The van der Waals surface area contributed by atoms with E-state index in [0.717, 1.165) is 25.1 Å². The molecule has 2 heterocycles. The predicted molar refractivity (Wildman–Crippen MR) is 54.6 cm³/mol. The number of aromatic nitrogens is 2. The third-order valence-electron chi connectivity index (χ3n) is 2.70. The third-order valence-corrected chi connectivity index (χ3v) is 2.70. The van der Waals surface area contributed by atoms with Crippen LogP contribution >= 0.6 is 0 Å². The SMILES string of the molecule is O=C(O)C1CCCN(c2ccnnc2)C1. The molecule has 5 heteroatoms. The number of carboxylic acids is 1. The zero-order chi connectivity index (χ0) is 10.7. The van der Waals surface area contributed by atoms with Crippen LogP contribution in [0.5, 0.6) is 0 Å². The number of carbonyl (C=O) groups is 1. The Bertz CT molecular complexity index is 342. The fourth-order valence-electron chi connectivity index (χ4n) is 1.88. The number of nitrogens with zero attached hydrogens (tertiary/aromatic N) is 3. The highest BCUT2D eigenvalue weighted by Crippen LogP contribution is 2.21. The van der Waals surface area contributed by atoms with Gasteiger partial charge in [0, 0.05) is 13.1 Å². The van der Waals surface area contributed by atoms with E-state index in [9.17, 15) is 4.79 Å². The Hall–Kier alpha value is -1.65. The lowest BCUT2D eigenvalue weighted by molar-refractivity contribution is -0.141. The summed E-state index contributed by atoms with van der Waals surface area (Å²) in [6, 6.07) is 1.86. The highest BCUT2D eigenvalue weighted by Gasteiger charge is 2.25. The predicted octanol–water partition coefficient (Wildman–Crippen LogP) is 0.778. The van der Waals surface area contributed by atoms with Crippen molar-refractivity contribution in [1.29, 1.82) is 0 Å². The van der Waals surface area contributed by atoms with Crippen molar-refractivity contribution in [2.24, 2.45) is 5.92 Å². The Balaban J connectivity index is 2.08. The van der Waals surface area contributed by atoms with Gasteiger partial charge in [-0.05, 0) is 18.9 Å². The standard InChI is InChI=1S/C10H13N3O2/c14-10(15)8-2-1-5-13(7-8)9-3-4-11-12-6-9/h3-4,6,8H,1-2,5,7H2,(H,14,15). The lowest BCUT2D eigenvalue weighted by Crippen LogP contribution is -2.38. The Kier molecular flexibility index (Phi) is 2.80. The van der Waals surface area contributed by atoms with Gasteiger partial charge in [0.05, 0.1) is 24.0 Å². The molecule has 1 aliphatic rings. The van der Waals surface area contributed by atoms with Crippen LogP contribution in [0, 0.1) is 5.92 Å². The lowest BCUT2D eigenvalue weighted by atomic mass is 9.98. The second-order valence-corrected chi connectivity index (χ2v) is 3.72. The summed E-state index contributed by atoms with van der Waals surface area (Å²) in [6.07, 6.45) is 4.98. The first-order valence-corrected chi connectivity index (χ1v) is 5.02. The molecule has 80 valence electrons. The molecule has 2 rings (SSSR count). The molecule has 5 nitrogen and oxygen atoms in total. The lowest BCUT2D eigenvalue weighted by Gasteiger charge is -2.31. The van der Waals surface area contributed by atoms with Crippen molar-refractivity contribution in [3.63, 3.8) is 0 Å². The number of hydrogen-bond acceptors (Lipinski definition) is 4. The first-order valence-electron chi connectivity index (χ1n) is 5.02. The molecule has 0 amide bonds. The molecule has 0 spiro atoms. The van der Waals surface area contributed by atoms with E-state index in [1.54, 1.807) is 12.4 Å². The summed E-state index contributed by atoms with van der Waals surface area (Å²) < 4.78 is 0. The van der Waals surface area contributed by atoms with E-state index in [2.05, 4.69) is 15.1 Å². The van der Waals surface area contributed by atoms with E-state index in [-0.39, 0.29) is 5.92 Å². The van der Waals surface area contributed by atoms with E-state index >= 15 is 0 Å². The second kappa shape index (κ2) is 4.25. The summed E-state index contributed by atoms with van der Waals surface area (Å²) in [5.41, 5.74) is 0.955. The van der Waals surface area contributed by atoms with Gasteiger partial charge >= 0.3 is 5.97 Å². The van der Waals surface area contributed by atoms with Crippen molar-refractivity contribution in [1.82, 2.24) is 10.2 Å². The minimum atomic E-state index is -0.707. The van der Waals surface area contributed by atoms with Gasteiger partial charge in [-0.2, -0.15) is 10.2 Å². The van der Waals surface area contributed by atoms with Crippen molar-refractivity contribution >= 4 is 11.7 Å². The number of piperidine rings is 1. The van der Waals surface area contributed by atoms with Crippen molar-refractivity contribution in [2.75, 3.05) is 18.0 Å². The Morgan fingerprint density at radius 1 is 1.53 bits per heavy atom. The summed E-state index contributed by atoms with van der Waals surface area (Å²) in [6.45, 7) is 1.47. The maximum atomic E-state index is 10.9. The topological polar surface area (TPSA) is 66.3 Å². The molecule has 0 aromatic carbocycles. The van der Waals surface area contributed by atoms with Crippen molar-refractivity contribution < 1.29 is 9.90 Å². The average Bonchev–Trinajstić information content (AvgIpc) is 2.30. The number of aliphatic carboxylic acids is 1. The van der Waals surface area contributed by atoms with Gasteiger partial charge < -0.3 is 10.0 Å². The van der Waals surface area contributed by atoms with Gasteiger partial charge in [0.1, 0.15) is 0 Å². The summed E-state index contributed by atoms with van der Waals surface area (Å²) in [4.78, 5) is 12.9. The second-order valence-electron chi connectivity index (χ2n) is 3.72. The van der Waals surface area contributed by atoms with E-state index < -0.39 is 5.97 Å². The third kappa shape index (κ3) is 2.23. The molecule has 1 aromatic heterocycles. The number of hydrogen-bond donors (Lipinski definition) is 1. The van der Waals surface area contributed by atoms with Crippen molar-refractivity contribution in [3.8, 4) is 0 Å².